The standard InChI is InChI=1S/C31H25N5O4S2/c37-28(34-27-19-29(38)36(35-27)23-10-5-2-6-11-23)20-42-24-15-13-22(14-16-24)32-31(40)26(18-25-12-7-17-41-25)33-30(39)21-8-3-1-4-9-21/h1-18H,19-20H2,(H,32,40)(H,33,39)(H,34,35,37)/b26-18-. The molecular formula is C31H25N5O4S2. The van der Waals surface area contributed by atoms with Crippen LogP contribution in [0.5, 0.6) is 0 Å². The molecular weight excluding hydrogens is 571 g/mol. The Bertz CT molecular complexity index is 1640. The SMILES string of the molecule is O=C(CSc1ccc(NC(=O)/C(=C/c2cccs2)NC(=O)c2ccccc2)cc1)NC1=NN(c2ccccc2)C(=O)C1. The lowest BCUT2D eigenvalue weighted by Crippen LogP contribution is -2.31. The molecule has 1 aliphatic heterocycles. The van der Waals surface area contributed by atoms with Crippen LogP contribution in [0.2, 0.25) is 0 Å². The maximum Gasteiger partial charge on any atom is 0.272 e. The third-order valence-corrected chi connectivity index (χ3v) is 7.73. The van der Waals surface area contributed by atoms with Gasteiger partial charge in [-0.2, -0.15) is 10.1 Å². The number of benzene rings is 3. The van der Waals surface area contributed by atoms with Gasteiger partial charge in [-0.25, -0.2) is 0 Å². The predicted molar refractivity (Wildman–Crippen MR) is 166 cm³/mol. The number of nitrogens with one attached hydrogen (secondary N) is 3. The molecule has 5 rings (SSSR count). The van der Waals surface area contributed by atoms with Gasteiger partial charge in [0.15, 0.2) is 0 Å². The second-order valence-electron chi connectivity index (χ2n) is 8.97. The number of carbonyl (C=O) groups is 4. The van der Waals surface area contributed by atoms with Gasteiger partial charge in [-0.1, -0.05) is 42.5 Å². The number of hydrogen-bond donors (Lipinski definition) is 3. The zero-order chi connectivity index (χ0) is 29.3. The molecule has 1 aliphatic rings. The molecule has 3 N–H and O–H groups in total. The predicted octanol–water partition coefficient (Wildman–Crippen LogP) is 5.12. The van der Waals surface area contributed by atoms with Crippen LogP contribution >= 0.6 is 23.1 Å². The number of carbonyl (C=O) groups excluding carboxylic acids is 4. The van der Waals surface area contributed by atoms with Crippen molar-refractivity contribution in [1.82, 2.24) is 10.6 Å². The van der Waals surface area contributed by atoms with Crippen molar-refractivity contribution in [3.8, 4) is 0 Å². The van der Waals surface area contributed by atoms with Crippen LogP contribution < -0.4 is 21.0 Å². The molecule has 0 aliphatic carbocycles. The van der Waals surface area contributed by atoms with Gasteiger partial charge in [0.25, 0.3) is 17.7 Å². The van der Waals surface area contributed by atoms with Crippen molar-refractivity contribution in [2.75, 3.05) is 16.1 Å². The summed E-state index contributed by atoms with van der Waals surface area (Å²) < 4.78 is 0. The van der Waals surface area contributed by atoms with Crippen molar-refractivity contribution in [3.05, 3.63) is 119 Å². The third-order valence-electron chi connectivity index (χ3n) is 5.90. The highest BCUT2D eigenvalue weighted by Gasteiger charge is 2.26. The number of rotatable bonds is 9. The number of anilines is 2. The van der Waals surface area contributed by atoms with Gasteiger partial charge >= 0.3 is 0 Å². The highest BCUT2D eigenvalue weighted by Crippen LogP contribution is 2.22. The Morgan fingerprint density at radius 1 is 0.881 bits per heavy atom. The minimum Gasteiger partial charge on any atom is -0.321 e. The smallest absolute Gasteiger partial charge is 0.272 e. The Hall–Kier alpha value is -5.00. The van der Waals surface area contributed by atoms with E-state index in [0.29, 0.717) is 22.8 Å². The Kier molecular flexibility index (Phi) is 9.22. The van der Waals surface area contributed by atoms with Crippen LogP contribution in [0, 0.1) is 0 Å². The lowest BCUT2D eigenvalue weighted by Gasteiger charge is -2.11. The summed E-state index contributed by atoms with van der Waals surface area (Å²) in [5, 5.41) is 15.6. The van der Waals surface area contributed by atoms with Crippen LogP contribution in [0.3, 0.4) is 0 Å². The summed E-state index contributed by atoms with van der Waals surface area (Å²) in [4.78, 5) is 52.3. The first kappa shape index (κ1) is 28.5. The van der Waals surface area contributed by atoms with Crippen LogP contribution in [-0.2, 0) is 14.4 Å². The highest BCUT2D eigenvalue weighted by molar-refractivity contribution is 8.00. The summed E-state index contributed by atoms with van der Waals surface area (Å²) >= 11 is 2.75. The number of thiophene rings is 1. The second-order valence-corrected chi connectivity index (χ2v) is 11.0. The molecule has 2 heterocycles. The fraction of sp³-hybridized carbons (Fsp3) is 0.0645. The van der Waals surface area contributed by atoms with Crippen LogP contribution in [0.15, 0.2) is 118 Å². The van der Waals surface area contributed by atoms with Crippen molar-refractivity contribution in [1.29, 1.82) is 0 Å². The van der Waals surface area contributed by atoms with Gasteiger partial charge in [0, 0.05) is 21.0 Å². The molecule has 0 unspecified atom stereocenters. The van der Waals surface area contributed by atoms with Crippen LogP contribution in [0.4, 0.5) is 11.4 Å². The quantitative estimate of drug-likeness (QED) is 0.183. The Balaban J connectivity index is 1.16. The minimum atomic E-state index is -0.469. The number of amides is 4. The summed E-state index contributed by atoms with van der Waals surface area (Å²) in [6.45, 7) is 0. The van der Waals surface area contributed by atoms with E-state index in [1.165, 1.54) is 28.1 Å². The van der Waals surface area contributed by atoms with Gasteiger partial charge in [0.05, 0.1) is 17.9 Å². The molecule has 0 bridgehead atoms. The molecule has 11 heteroatoms. The molecule has 0 saturated heterocycles. The summed E-state index contributed by atoms with van der Waals surface area (Å²) in [5.41, 5.74) is 1.72. The number of hydrazone groups is 1. The van der Waals surface area contributed by atoms with Crippen molar-refractivity contribution in [2.45, 2.75) is 11.3 Å². The molecule has 3 aromatic carbocycles. The van der Waals surface area contributed by atoms with Crippen LogP contribution in [0.25, 0.3) is 6.08 Å². The van der Waals surface area contributed by atoms with E-state index in [0.717, 1.165) is 9.77 Å². The monoisotopic (exact) mass is 595 g/mol. The van der Waals surface area contributed by atoms with E-state index in [2.05, 4.69) is 21.1 Å². The highest BCUT2D eigenvalue weighted by atomic mass is 32.2. The Morgan fingerprint density at radius 3 is 2.29 bits per heavy atom. The summed E-state index contributed by atoms with van der Waals surface area (Å²) in [6.07, 6.45) is 1.65. The zero-order valence-corrected chi connectivity index (χ0v) is 23.8. The summed E-state index contributed by atoms with van der Waals surface area (Å²) in [5.74, 6) is -0.934. The summed E-state index contributed by atoms with van der Waals surface area (Å²) in [7, 11) is 0. The number of thioether (sulfide) groups is 1. The van der Waals surface area contributed by atoms with E-state index in [1.807, 2.05) is 41.8 Å². The minimum absolute atomic E-state index is 0.0222. The van der Waals surface area contributed by atoms with Gasteiger partial charge in [0.1, 0.15) is 11.5 Å². The van der Waals surface area contributed by atoms with Crippen LogP contribution in [-0.4, -0.2) is 35.2 Å². The van der Waals surface area contributed by atoms with E-state index >= 15 is 0 Å². The first-order valence-electron chi connectivity index (χ1n) is 12.9. The molecule has 0 fully saturated rings. The summed E-state index contributed by atoms with van der Waals surface area (Å²) in [6, 6.07) is 28.4. The molecule has 4 aromatic rings. The van der Waals surface area contributed by atoms with Gasteiger partial charge in [-0.3, -0.25) is 19.2 Å². The molecule has 0 radical (unpaired) electrons. The van der Waals surface area contributed by atoms with Gasteiger partial charge < -0.3 is 16.0 Å². The average Bonchev–Trinajstić information content (AvgIpc) is 3.66. The maximum absolute atomic E-state index is 13.1. The molecule has 0 spiro atoms. The average molecular weight is 596 g/mol. The first-order valence-corrected chi connectivity index (χ1v) is 14.7. The molecule has 9 nitrogen and oxygen atoms in total. The molecule has 0 atom stereocenters. The lowest BCUT2D eigenvalue weighted by molar-refractivity contribution is -0.117. The van der Waals surface area contributed by atoms with E-state index < -0.39 is 5.91 Å². The maximum atomic E-state index is 13.1. The normalized spacial score (nSPS) is 13.0. The number of nitrogens with zero attached hydrogens (tertiary/aromatic N) is 2. The molecule has 0 saturated carbocycles. The molecule has 4 amide bonds. The third kappa shape index (κ3) is 7.59. The molecule has 42 heavy (non-hydrogen) atoms. The zero-order valence-electron chi connectivity index (χ0n) is 22.2. The van der Waals surface area contributed by atoms with Crippen molar-refractivity contribution < 1.29 is 19.2 Å². The van der Waals surface area contributed by atoms with Gasteiger partial charge in [0.2, 0.25) is 5.91 Å². The second kappa shape index (κ2) is 13.6. The fourth-order valence-corrected chi connectivity index (χ4v) is 5.26. The Morgan fingerprint density at radius 2 is 1.60 bits per heavy atom. The molecule has 1 aromatic heterocycles. The van der Waals surface area contributed by atoms with Crippen molar-refractivity contribution in [3.63, 3.8) is 0 Å². The molecule has 210 valence electrons. The van der Waals surface area contributed by atoms with Gasteiger partial charge in [-0.05, 0) is 66.1 Å². The fourth-order valence-electron chi connectivity index (χ4n) is 3.91. The van der Waals surface area contributed by atoms with Gasteiger partial charge in [-0.15, -0.1) is 23.1 Å². The van der Waals surface area contributed by atoms with E-state index in [4.69, 9.17) is 0 Å². The lowest BCUT2D eigenvalue weighted by atomic mass is 10.2. The topological polar surface area (TPSA) is 120 Å². The van der Waals surface area contributed by atoms with Crippen LogP contribution in [0.1, 0.15) is 21.7 Å². The van der Waals surface area contributed by atoms with Crippen molar-refractivity contribution >= 4 is 70.0 Å². The first-order chi connectivity index (χ1) is 20.4. The van der Waals surface area contributed by atoms with E-state index in [9.17, 15) is 19.2 Å². The van der Waals surface area contributed by atoms with E-state index in [1.54, 1.807) is 66.7 Å². The number of para-hydroxylation sites is 1. The van der Waals surface area contributed by atoms with E-state index in [-0.39, 0.29) is 35.6 Å². The Labute approximate surface area is 250 Å². The largest absolute Gasteiger partial charge is 0.321 e. The number of hydrogen-bond acceptors (Lipinski definition) is 7. The number of amidine groups is 1. The van der Waals surface area contributed by atoms with Crippen molar-refractivity contribution in [2.24, 2.45) is 5.10 Å².